The predicted octanol–water partition coefficient (Wildman–Crippen LogP) is 1.41. The van der Waals surface area contributed by atoms with Crippen LogP contribution in [0.2, 0.25) is 0 Å². The van der Waals surface area contributed by atoms with Gasteiger partial charge in [0.25, 0.3) is 0 Å². The second-order valence-electron chi connectivity index (χ2n) is 3.07. The molecule has 3 nitrogen and oxygen atoms in total. The highest BCUT2D eigenvalue weighted by molar-refractivity contribution is 5.86. The highest BCUT2D eigenvalue weighted by Crippen LogP contribution is 2.06. The van der Waals surface area contributed by atoms with Crippen molar-refractivity contribution in [1.29, 1.82) is 0 Å². The average Bonchev–Trinajstić information content (AvgIpc) is 2.28. The van der Waals surface area contributed by atoms with Crippen molar-refractivity contribution in [2.75, 3.05) is 13.7 Å². The van der Waals surface area contributed by atoms with Crippen molar-refractivity contribution in [3.63, 3.8) is 0 Å². The number of rotatable bonds is 4. The number of benzene rings is 1. The van der Waals surface area contributed by atoms with E-state index in [1.807, 2.05) is 24.3 Å². The molecule has 1 aromatic carbocycles. The summed E-state index contributed by atoms with van der Waals surface area (Å²) < 4.78 is 4.48. The molecule has 0 saturated heterocycles. The molecule has 0 radical (unpaired) electrons. The molecule has 0 aliphatic carbocycles. The Labute approximate surface area is 89.0 Å². The number of aliphatic hydroxyl groups is 1. The Morgan fingerprint density at radius 2 is 2.07 bits per heavy atom. The summed E-state index contributed by atoms with van der Waals surface area (Å²) in [5.41, 5.74) is 2.01. The van der Waals surface area contributed by atoms with Crippen molar-refractivity contribution in [2.24, 2.45) is 0 Å². The van der Waals surface area contributed by atoms with Crippen molar-refractivity contribution in [1.82, 2.24) is 0 Å². The SMILES string of the molecule is COC(=O)/C=C/c1ccc(CCO)cc1. The molecular weight excluding hydrogens is 192 g/mol. The van der Waals surface area contributed by atoms with E-state index in [1.54, 1.807) is 6.08 Å². The number of carbonyl (C=O) groups is 1. The quantitative estimate of drug-likeness (QED) is 0.598. The molecule has 3 heteroatoms. The summed E-state index contributed by atoms with van der Waals surface area (Å²) in [4.78, 5) is 10.8. The number of hydrogen-bond acceptors (Lipinski definition) is 3. The second-order valence-corrected chi connectivity index (χ2v) is 3.07. The first-order chi connectivity index (χ1) is 7.26. The summed E-state index contributed by atoms with van der Waals surface area (Å²) in [7, 11) is 1.34. The third-order valence-electron chi connectivity index (χ3n) is 1.99. The molecule has 0 atom stereocenters. The third kappa shape index (κ3) is 3.95. The molecule has 0 aliphatic heterocycles. The molecule has 0 bridgehead atoms. The van der Waals surface area contributed by atoms with Gasteiger partial charge < -0.3 is 9.84 Å². The minimum absolute atomic E-state index is 0.150. The van der Waals surface area contributed by atoms with Gasteiger partial charge in [-0.1, -0.05) is 24.3 Å². The van der Waals surface area contributed by atoms with Gasteiger partial charge in [-0.3, -0.25) is 0 Å². The normalized spacial score (nSPS) is 10.5. The summed E-state index contributed by atoms with van der Waals surface area (Å²) in [5.74, 6) is -0.366. The van der Waals surface area contributed by atoms with E-state index in [9.17, 15) is 4.79 Å². The number of aliphatic hydroxyl groups excluding tert-OH is 1. The fourth-order valence-corrected chi connectivity index (χ4v) is 1.16. The first-order valence-electron chi connectivity index (χ1n) is 4.72. The predicted molar refractivity (Wildman–Crippen MR) is 58.3 cm³/mol. The van der Waals surface area contributed by atoms with Gasteiger partial charge in [-0.15, -0.1) is 0 Å². The molecule has 1 rings (SSSR count). The molecule has 0 spiro atoms. The van der Waals surface area contributed by atoms with Crippen LogP contribution in [0.5, 0.6) is 0 Å². The summed E-state index contributed by atoms with van der Waals surface area (Å²) in [6, 6.07) is 7.63. The molecule has 80 valence electrons. The molecule has 1 aromatic rings. The zero-order valence-corrected chi connectivity index (χ0v) is 8.64. The van der Waals surface area contributed by atoms with Crippen LogP contribution in [0.15, 0.2) is 30.3 Å². The van der Waals surface area contributed by atoms with Gasteiger partial charge in [0.05, 0.1) is 7.11 Å². The van der Waals surface area contributed by atoms with Crippen LogP contribution in [0.3, 0.4) is 0 Å². The molecule has 1 N–H and O–H groups in total. The van der Waals surface area contributed by atoms with Crippen LogP contribution in [0, 0.1) is 0 Å². The maximum atomic E-state index is 10.8. The zero-order valence-electron chi connectivity index (χ0n) is 8.64. The lowest BCUT2D eigenvalue weighted by Gasteiger charge is -1.98. The van der Waals surface area contributed by atoms with Crippen LogP contribution < -0.4 is 0 Å². The maximum absolute atomic E-state index is 10.8. The van der Waals surface area contributed by atoms with Crippen LogP contribution in [0.25, 0.3) is 6.08 Å². The van der Waals surface area contributed by atoms with Gasteiger partial charge in [-0.25, -0.2) is 4.79 Å². The standard InChI is InChI=1S/C12H14O3/c1-15-12(14)7-6-10-2-4-11(5-3-10)8-9-13/h2-7,13H,8-9H2,1H3/b7-6+. The van der Waals surface area contributed by atoms with Gasteiger partial charge in [0.1, 0.15) is 0 Å². The number of ether oxygens (including phenoxy) is 1. The summed E-state index contributed by atoms with van der Waals surface area (Å²) in [6.45, 7) is 0.150. The molecule has 0 unspecified atom stereocenters. The van der Waals surface area contributed by atoms with Gasteiger partial charge in [0.15, 0.2) is 0 Å². The van der Waals surface area contributed by atoms with Gasteiger partial charge in [0, 0.05) is 12.7 Å². The molecule has 0 saturated carbocycles. The highest BCUT2D eigenvalue weighted by Gasteiger charge is 1.93. The van der Waals surface area contributed by atoms with Gasteiger partial charge in [0.2, 0.25) is 0 Å². The number of esters is 1. The van der Waals surface area contributed by atoms with Crippen molar-refractivity contribution in [3.05, 3.63) is 41.5 Å². The Hall–Kier alpha value is -1.61. The number of carbonyl (C=O) groups excluding carboxylic acids is 1. The third-order valence-corrected chi connectivity index (χ3v) is 1.99. The van der Waals surface area contributed by atoms with E-state index in [0.29, 0.717) is 6.42 Å². The minimum Gasteiger partial charge on any atom is -0.466 e. The molecule has 0 aliphatic rings. The molecule has 0 heterocycles. The van der Waals surface area contributed by atoms with Crippen LogP contribution in [0.1, 0.15) is 11.1 Å². The fourth-order valence-electron chi connectivity index (χ4n) is 1.16. The maximum Gasteiger partial charge on any atom is 0.330 e. The average molecular weight is 206 g/mol. The lowest BCUT2D eigenvalue weighted by molar-refractivity contribution is -0.134. The largest absolute Gasteiger partial charge is 0.466 e. The Balaban J connectivity index is 2.64. The van der Waals surface area contributed by atoms with Gasteiger partial charge in [-0.2, -0.15) is 0 Å². The Morgan fingerprint density at radius 3 is 2.60 bits per heavy atom. The summed E-state index contributed by atoms with van der Waals surface area (Å²) in [5, 5.41) is 8.72. The van der Waals surface area contributed by atoms with E-state index in [2.05, 4.69) is 4.74 Å². The lowest BCUT2D eigenvalue weighted by atomic mass is 10.1. The van der Waals surface area contributed by atoms with E-state index in [4.69, 9.17) is 5.11 Å². The zero-order chi connectivity index (χ0) is 11.1. The van der Waals surface area contributed by atoms with E-state index in [-0.39, 0.29) is 12.6 Å². The van der Waals surface area contributed by atoms with Crippen molar-refractivity contribution in [3.8, 4) is 0 Å². The van der Waals surface area contributed by atoms with Crippen molar-refractivity contribution >= 4 is 12.0 Å². The van der Waals surface area contributed by atoms with E-state index < -0.39 is 0 Å². The molecular formula is C12H14O3. The van der Waals surface area contributed by atoms with Crippen LogP contribution >= 0.6 is 0 Å². The Morgan fingerprint density at radius 1 is 1.40 bits per heavy atom. The van der Waals surface area contributed by atoms with Crippen LogP contribution in [-0.4, -0.2) is 24.8 Å². The minimum atomic E-state index is -0.366. The van der Waals surface area contributed by atoms with E-state index >= 15 is 0 Å². The molecule has 0 aromatic heterocycles. The Kier molecular flexibility index (Phi) is 4.57. The summed E-state index contributed by atoms with van der Waals surface area (Å²) >= 11 is 0. The Bertz CT molecular complexity index is 338. The first-order valence-corrected chi connectivity index (χ1v) is 4.72. The van der Waals surface area contributed by atoms with Crippen molar-refractivity contribution in [2.45, 2.75) is 6.42 Å². The second kappa shape index (κ2) is 5.98. The fraction of sp³-hybridized carbons (Fsp3) is 0.250. The van der Waals surface area contributed by atoms with Gasteiger partial charge in [-0.05, 0) is 23.6 Å². The van der Waals surface area contributed by atoms with E-state index in [1.165, 1.54) is 13.2 Å². The molecule has 0 fully saturated rings. The summed E-state index contributed by atoms with van der Waals surface area (Å²) in [6.07, 6.45) is 3.72. The van der Waals surface area contributed by atoms with E-state index in [0.717, 1.165) is 11.1 Å². The highest BCUT2D eigenvalue weighted by atomic mass is 16.5. The number of hydrogen-bond donors (Lipinski definition) is 1. The first kappa shape index (κ1) is 11.5. The molecule has 15 heavy (non-hydrogen) atoms. The lowest BCUT2D eigenvalue weighted by Crippen LogP contribution is -1.93. The van der Waals surface area contributed by atoms with Crippen LogP contribution in [0.4, 0.5) is 0 Å². The smallest absolute Gasteiger partial charge is 0.330 e. The molecule has 0 amide bonds. The number of methoxy groups -OCH3 is 1. The topological polar surface area (TPSA) is 46.5 Å². The van der Waals surface area contributed by atoms with Gasteiger partial charge >= 0.3 is 5.97 Å². The monoisotopic (exact) mass is 206 g/mol. The van der Waals surface area contributed by atoms with Crippen LogP contribution in [-0.2, 0) is 16.0 Å². The van der Waals surface area contributed by atoms with Crippen molar-refractivity contribution < 1.29 is 14.6 Å².